The van der Waals surface area contributed by atoms with E-state index >= 15 is 0 Å². The lowest BCUT2D eigenvalue weighted by atomic mass is 9.93. The third kappa shape index (κ3) is 2.33. The predicted octanol–water partition coefficient (Wildman–Crippen LogP) is 2.60. The first-order chi connectivity index (χ1) is 7.77. The van der Waals surface area contributed by atoms with E-state index in [0.717, 1.165) is 30.6 Å². The molecule has 1 aromatic rings. The van der Waals surface area contributed by atoms with E-state index in [-0.39, 0.29) is 5.78 Å². The molecule has 3 nitrogen and oxygen atoms in total. The summed E-state index contributed by atoms with van der Waals surface area (Å²) in [7, 11) is 0. The highest BCUT2D eigenvalue weighted by atomic mass is 32.1. The summed E-state index contributed by atoms with van der Waals surface area (Å²) in [5.41, 5.74) is 1.28. The molecular formula is C12H17NO2S. The third-order valence-electron chi connectivity index (χ3n) is 3.16. The van der Waals surface area contributed by atoms with Crippen LogP contribution < -0.4 is 0 Å². The van der Waals surface area contributed by atoms with Crippen LogP contribution in [0.5, 0.6) is 0 Å². The fourth-order valence-corrected chi connectivity index (χ4v) is 2.97. The molecule has 16 heavy (non-hydrogen) atoms. The number of ether oxygens (including phenoxy) is 1. The van der Waals surface area contributed by atoms with Crippen LogP contribution in [0, 0.1) is 0 Å². The average Bonchev–Trinajstić information content (AvgIpc) is 2.89. The molecule has 88 valence electrons. The maximum Gasteiger partial charge on any atom is 0.169 e. The van der Waals surface area contributed by atoms with Crippen molar-refractivity contribution < 1.29 is 9.53 Å². The van der Waals surface area contributed by atoms with Crippen molar-refractivity contribution in [3.05, 3.63) is 16.6 Å². The Bertz CT molecular complexity index is 342. The minimum Gasteiger partial charge on any atom is -0.367 e. The molecule has 0 saturated heterocycles. The molecule has 1 aliphatic rings. The maximum absolute atomic E-state index is 12.3. The smallest absolute Gasteiger partial charge is 0.169 e. The highest BCUT2D eigenvalue weighted by molar-refractivity contribution is 7.09. The molecule has 0 atom stereocenters. The van der Waals surface area contributed by atoms with Gasteiger partial charge in [0, 0.05) is 24.1 Å². The molecule has 0 aromatic carbocycles. The van der Waals surface area contributed by atoms with Gasteiger partial charge in [0.1, 0.15) is 5.60 Å². The van der Waals surface area contributed by atoms with Crippen LogP contribution in [0.4, 0.5) is 0 Å². The quantitative estimate of drug-likeness (QED) is 0.793. The van der Waals surface area contributed by atoms with Crippen molar-refractivity contribution in [2.45, 2.75) is 44.6 Å². The zero-order valence-corrected chi connectivity index (χ0v) is 10.4. The highest BCUT2D eigenvalue weighted by Crippen LogP contribution is 2.35. The Morgan fingerprint density at radius 1 is 1.56 bits per heavy atom. The highest BCUT2D eigenvalue weighted by Gasteiger charge is 2.41. The van der Waals surface area contributed by atoms with Gasteiger partial charge in [0.25, 0.3) is 0 Å². The Hall–Kier alpha value is -0.740. The number of aromatic nitrogens is 1. The lowest BCUT2D eigenvalue weighted by Crippen LogP contribution is -2.39. The van der Waals surface area contributed by atoms with E-state index in [9.17, 15) is 4.79 Å². The molecule has 0 radical (unpaired) electrons. The normalized spacial score (nSPS) is 18.8. The van der Waals surface area contributed by atoms with Gasteiger partial charge in [-0.2, -0.15) is 0 Å². The number of carbonyl (C=O) groups is 1. The van der Waals surface area contributed by atoms with Crippen LogP contribution in [0.1, 0.15) is 37.5 Å². The van der Waals surface area contributed by atoms with Crippen molar-refractivity contribution in [3.8, 4) is 0 Å². The van der Waals surface area contributed by atoms with Crippen LogP contribution in [0.3, 0.4) is 0 Å². The van der Waals surface area contributed by atoms with Crippen LogP contribution in [-0.2, 0) is 16.0 Å². The van der Waals surface area contributed by atoms with Crippen molar-refractivity contribution >= 4 is 17.1 Å². The number of nitrogens with zero attached hydrogens (tertiary/aromatic N) is 1. The van der Waals surface area contributed by atoms with E-state index < -0.39 is 5.60 Å². The van der Waals surface area contributed by atoms with Crippen LogP contribution in [0.25, 0.3) is 0 Å². The second kappa shape index (κ2) is 5.06. The molecule has 0 aliphatic heterocycles. The molecule has 0 bridgehead atoms. The summed E-state index contributed by atoms with van der Waals surface area (Å²) in [6.45, 7) is 2.58. The number of Topliss-reactive ketones (excluding diaryl/α,β-unsaturated/α-hetero) is 1. The first kappa shape index (κ1) is 11.7. The summed E-state index contributed by atoms with van der Waals surface area (Å²) in [5, 5.41) is 0. The molecule has 0 unspecified atom stereocenters. The maximum atomic E-state index is 12.3. The van der Waals surface area contributed by atoms with E-state index in [2.05, 4.69) is 4.98 Å². The zero-order chi connectivity index (χ0) is 11.4. The van der Waals surface area contributed by atoms with Gasteiger partial charge in [0.15, 0.2) is 5.78 Å². The lowest BCUT2D eigenvalue weighted by Gasteiger charge is -2.27. The van der Waals surface area contributed by atoms with E-state index in [1.54, 1.807) is 11.7 Å². The molecule has 0 N–H and O–H groups in total. The summed E-state index contributed by atoms with van der Waals surface area (Å²) in [6.07, 6.45) is 6.24. The van der Waals surface area contributed by atoms with Crippen LogP contribution in [0.2, 0.25) is 0 Å². The Morgan fingerprint density at radius 3 is 2.88 bits per heavy atom. The summed E-state index contributed by atoms with van der Waals surface area (Å²) in [5.74, 6) is 0.233. The summed E-state index contributed by atoms with van der Waals surface area (Å²) >= 11 is 1.54. The Morgan fingerprint density at radius 2 is 2.31 bits per heavy atom. The Kier molecular flexibility index (Phi) is 3.71. The van der Waals surface area contributed by atoms with Gasteiger partial charge in [-0.15, -0.1) is 11.3 Å². The molecule has 4 heteroatoms. The van der Waals surface area contributed by atoms with E-state index in [1.807, 2.05) is 6.92 Å². The van der Waals surface area contributed by atoms with Crippen LogP contribution >= 0.6 is 11.3 Å². The first-order valence-electron chi connectivity index (χ1n) is 5.81. The summed E-state index contributed by atoms with van der Waals surface area (Å²) in [4.78, 5) is 17.3. The second-order valence-electron chi connectivity index (χ2n) is 4.20. The minimum absolute atomic E-state index is 0.233. The van der Waals surface area contributed by atoms with Crippen molar-refractivity contribution in [2.24, 2.45) is 0 Å². The monoisotopic (exact) mass is 239 g/mol. The molecule has 1 aliphatic carbocycles. The van der Waals surface area contributed by atoms with Gasteiger partial charge in [-0.3, -0.25) is 9.78 Å². The zero-order valence-electron chi connectivity index (χ0n) is 9.57. The number of ketones is 1. The van der Waals surface area contributed by atoms with Crippen LogP contribution in [-0.4, -0.2) is 23.0 Å². The number of carbonyl (C=O) groups excluding carboxylic acids is 1. The van der Waals surface area contributed by atoms with Crippen molar-refractivity contribution in [2.75, 3.05) is 6.61 Å². The molecular weight excluding hydrogens is 222 g/mol. The standard InChI is InChI=1S/C12H17NO2S/c1-2-15-12(5-3-4-6-12)11(14)7-10-8-13-9-16-10/h8-9H,2-7H2,1H3. The predicted molar refractivity (Wildman–Crippen MR) is 63.7 cm³/mol. The summed E-state index contributed by atoms with van der Waals surface area (Å²) in [6, 6.07) is 0. The van der Waals surface area contributed by atoms with Gasteiger partial charge < -0.3 is 4.74 Å². The fraction of sp³-hybridized carbons (Fsp3) is 0.667. The molecule has 2 rings (SSSR count). The lowest BCUT2D eigenvalue weighted by molar-refractivity contribution is -0.142. The summed E-state index contributed by atoms with van der Waals surface area (Å²) < 4.78 is 5.74. The number of rotatable bonds is 5. The average molecular weight is 239 g/mol. The van der Waals surface area contributed by atoms with E-state index in [0.29, 0.717) is 13.0 Å². The molecule has 0 spiro atoms. The molecule has 1 heterocycles. The number of hydrogen-bond acceptors (Lipinski definition) is 4. The number of hydrogen-bond donors (Lipinski definition) is 0. The SMILES string of the molecule is CCOC1(C(=O)Cc2cncs2)CCCC1. The largest absolute Gasteiger partial charge is 0.367 e. The van der Waals surface area contributed by atoms with E-state index in [1.165, 1.54) is 11.3 Å². The van der Waals surface area contributed by atoms with Crippen molar-refractivity contribution in [3.63, 3.8) is 0 Å². The van der Waals surface area contributed by atoms with Gasteiger partial charge in [0.2, 0.25) is 0 Å². The molecule has 1 saturated carbocycles. The molecule has 0 amide bonds. The number of thiazole rings is 1. The van der Waals surface area contributed by atoms with E-state index in [4.69, 9.17) is 4.74 Å². The van der Waals surface area contributed by atoms with Gasteiger partial charge in [0.05, 0.1) is 5.51 Å². The topological polar surface area (TPSA) is 39.2 Å². The van der Waals surface area contributed by atoms with Gasteiger partial charge >= 0.3 is 0 Å². The Balaban J connectivity index is 2.05. The van der Waals surface area contributed by atoms with Gasteiger partial charge in [-0.05, 0) is 32.6 Å². The minimum atomic E-state index is -0.487. The van der Waals surface area contributed by atoms with Crippen molar-refractivity contribution in [1.29, 1.82) is 0 Å². The second-order valence-corrected chi connectivity index (χ2v) is 5.17. The first-order valence-corrected chi connectivity index (χ1v) is 6.69. The van der Waals surface area contributed by atoms with Gasteiger partial charge in [-0.1, -0.05) is 0 Å². The third-order valence-corrected chi connectivity index (χ3v) is 3.94. The fourth-order valence-electron chi connectivity index (χ4n) is 2.37. The van der Waals surface area contributed by atoms with Crippen molar-refractivity contribution in [1.82, 2.24) is 4.98 Å². The molecule has 1 fully saturated rings. The Labute approximate surface area is 99.8 Å². The van der Waals surface area contributed by atoms with Crippen LogP contribution in [0.15, 0.2) is 11.7 Å². The van der Waals surface area contributed by atoms with Gasteiger partial charge in [-0.25, -0.2) is 0 Å². The molecule has 1 aromatic heterocycles.